The topological polar surface area (TPSA) is 115 Å². The van der Waals surface area contributed by atoms with E-state index < -0.39 is 12.0 Å². The van der Waals surface area contributed by atoms with Crippen molar-refractivity contribution in [2.75, 3.05) is 25.6 Å². The van der Waals surface area contributed by atoms with Crippen LogP contribution in [0.4, 0.5) is 5.69 Å². The van der Waals surface area contributed by atoms with E-state index in [0.717, 1.165) is 46.8 Å². The van der Waals surface area contributed by atoms with Crippen molar-refractivity contribution in [3.8, 4) is 0 Å². The molecule has 3 aliphatic rings. The van der Waals surface area contributed by atoms with Gasteiger partial charge in [0.2, 0.25) is 5.88 Å². The Morgan fingerprint density at radius 3 is 2.97 bits per heavy atom. The summed E-state index contributed by atoms with van der Waals surface area (Å²) in [4.78, 5) is 11.1. The summed E-state index contributed by atoms with van der Waals surface area (Å²) in [5.74, 6) is -0.312. The molecule has 3 aliphatic heterocycles. The first-order chi connectivity index (χ1) is 14.5. The number of carboxylic acid groups (broad SMARTS) is 1. The Kier molecular flexibility index (Phi) is 6.12. The minimum atomic E-state index is -0.799. The molecule has 0 aliphatic carbocycles. The van der Waals surface area contributed by atoms with Crippen molar-refractivity contribution in [1.82, 2.24) is 15.9 Å². The summed E-state index contributed by atoms with van der Waals surface area (Å²) in [6, 6.07) is 5.69. The van der Waals surface area contributed by atoms with Crippen molar-refractivity contribution >= 4 is 17.4 Å². The maximum atomic E-state index is 11.1. The number of aliphatic carboxylic acids is 1. The van der Waals surface area contributed by atoms with Crippen molar-refractivity contribution in [2.24, 2.45) is 0 Å². The minimum Gasteiger partial charge on any atom is -0.481 e. The second-order valence-electron chi connectivity index (χ2n) is 7.76. The molecule has 2 atom stereocenters. The van der Waals surface area contributed by atoms with Crippen molar-refractivity contribution in [3.05, 3.63) is 46.9 Å². The molecule has 1 saturated heterocycles. The van der Waals surface area contributed by atoms with E-state index in [4.69, 9.17) is 14.6 Å². The zero-order valence-corrected chi connectivity index (χ0v) is 17.0. The number of allylic oxidation sites excluding steroid dienone is 2. The van der Waals surface area contributed by atoms with Crippen LogP contribution in [0.2, 0.25) is 0 Å². The summed E-state index contributed by atoms with van der Waals surface area (Å²) in [6.45, 7) is 1.67. The number of hydrogen-bond donors (Lipinski definition) is 5. The number of carbonyl (C=O) groups is 1. The number of nitrogens with one attached hydrogen (secondary N) is 3. The number of hydrogen-bond acceptors (Lipinski definition) is 8. The van der Waals surface area contributed by atoms with Gasteiger partial charge < -0.3 is 25.2 Å². The molecule has 1 aromatic carbocycles. The molecule has 9 nitrogen and oxygen atoms in total. The number of hydroxylamine groups is 1. The van der Waals surface area contributed by atoms with Gasteiger partial charge in [-0.25, -0.2) is 5.43 Å². The van der Waals surface area contributed by atoms with Crippen LogP contribution < -0.4 is 16.1 Å². The van der Waals surface area contributed by atoms with Gasteiger partial charge >= 0.3 is 5.97 Å². The second-order valence-corrected chi connectivity index (χ2v) is 7.76. The Balaban J connectivity index is 1.58. The smallest absolute Gasteiger partial charge is 0.320 e. The first kappa shape index (κ1) is 20.5. The van der Waals surface area contributed by atoms with Crippen LogP contribution in [0.25, 0.3) is 5.70 Å². The van der Waals surface area contributed by atoms with Crippen LogP contribution in [0.15, 0.2) is 35.7 Å². The fourth-order valence-electron chi connectivity index (χ4n) is 4.14. The van der Waals surface area contributed by atoms with Crippen LogP contribution in [0, 0.1) is 0 Å². The summed E-state index contributed by atoms with van der Waals surface area (Å²) >= 11 is 0. The number of benzene rings is 1. The van der Waals surface area contributed by atoms with Gasteiger partial charge in [-0.2, -0.15) is 5.17 Å². The zero-order valence-electron chi connectivity index (χ0n) is 17.0. The van der Waals surface area contributed by atoms with Crippen LogP contribution in [-0.2, 0) is 20.9 Å². The van der Waals surface area contributed by atoms with Crippen molar-refractivity contribution < 1.29 is 24.6 Å². The molecule has 0 unspecified atom stereocenters. The lowest BCUT2D eigenvalue weighted by atomic mass is 9.97. The molecule has 4 rings (SSSR count). The molecule has 0 amide bonds. The lowest BCUT2D eigenvalue weighted by Crippen LogP contribution is -2.48. The van der Waals surface area contributed by atoms with Crippen LogP contribution in [0.3, 0.4) is 0 Å². The molecule has 1 aromatic rings. The van der Waals surface area contributed by atoms with Gasteiger partial charge in [0.15, 0.2) is 0 Å². The van der Waals surface area contributed by atoms with E-state index in [9.17, 15) is 10.0 Å². The molecule has 5 N–H and O–H groups in total. The average Bonchev–Trinajstić information content (AvgIpc) is 2.82. The van der Waals surface area contributed by atoms with Gasteiger partial charge in [0.25, 0.3) is 0 Å². The van der Waals surface area contributed by atoms with E-state index >= 15 is 0 Å². The predicted molar refractivity (Wildman–Crippen MR) is 110 cm³/mol. The van der Waals surface area contributed by atoms with Crippen LogP contribution >= 0.6 is 0 Å². The second kappa shape index (κ2) is 8.95. The standard InChI is InChI=1S/C21H28N4O5/c1-29-19-10-13-3-2-8-30-12-14-9-15(4-6-17(14)20(13)25(28)24-19)23-16-5-7-18(21(26)27)22-11-16/h4,6,9-10,16,18,22-24,28H,2-3,5,7-8,11-12H2,1H3,(H,26,27)/t16-,18-/m1/s1. The number of piperidine rings is 1. The number of nitrogens with zero attached hydrogens (tertiary/aromatic N) is 1. The largest absolute Gasteiger partial charge is 0.481 e. The first-order valence-electron chi connectivity index (χ1n) is 10.2. The zero-order chi connectivity index (χ0) is 21.1. The molecule has 0 bridgehead atoms. The number of rotatable bonds is 4. The fraction of sp³-hybridized carbons (Fsp3) is 0.476. The van der Waals surface area contributed by atoms with E-state index in [2.05, 4.69) is 16.1 Å². The van der Waals surface area contributed by atoms with Gasteiger partial charge in [-0.05, 0) is 49.0 Å². The maximum Gasteiger partial charge on any atom is 0.320 e. The van der Waals surface area contributed by atoms with E-state index in [1.165, 1.54) is 0 Å². The highest BCUT2D eigenvalue weighted by atomic mass is 16.6. The van der Waals surface area contributed by atoms with Gasteiger partial charge in [-0.3, -0.25) is 10.0 Å². The first-order valence-corrected chi connectivity index (χ1v) is 10.2. The Morgan fingerprint density at radius 1 is 1.37 bits per heavy atom. The quantitative estimate of drug-likeness (QED) is 0.503. The molecule has 0 aromatic heterocycles. The normalized spacial score (nSPS) is 24.3. The van der Waals surface area contributed by atoms with E-state index in [-0.39, 0.29) is 6.04 Å². The lowest BCUT2D eigenvalue weighted by molar-refractivity contribution is -0.140. The number of fused-ring (bicyclic) bond motifs is 2. The third-order valence-electron chi connectivity index (χ3n) is 5.69. The van der Waals surface area contributed by atoms with Crippen LogP contribution in [0.5, 0.6) is 0 Å². The number of carboxylic acids is 1. The van der Waals surface area contributed by atoms with E-state index in [1.807, 2.05) is 24.3 Å². The van der Waals surface area contributed by atoms with Gasteiger partial charge in [0.05, 0.1) is 19.4 Å². The third kappa shape index (κ3) is 4.38. The Bertz CT molecular complexity index is 861. The highest BCUT2D eigenvalue weighted by molar-refractivity contribution is 5.74. The minimum absolute atomic E-state index is 0.156. The molecule has 0 saturated carbocycles. The van der Waals surface area contributed by atoms with E-state index in [0.29, 0.717) is 37.8 Å². The molecule has 0 radical (unpaired) electrons. The SMILES string of the molecule is COC1=CC2=C(c3ccc(N[C@@H]4CC[C@H](C(=O)O)NC4)cc3COCCC2)N(O)N1. The fourth-order valence-corrected chi connectivity index (χ4v) is 4.14. The highest BCUT2D eigenvalue weighted by Crippen LogP contribution is 2.33. The Labute approximate surface area is 175 Å². The van der Waals surface area contributed by atoms with Gasteiger partial charge in [0, 0.05) is 36.5 Å². The van der Waals surface area contributed by atoms with Gasteiger partial charge in [0.1, 0.15) is 6.04 Å². The molecule has 1 fully saturated rings. The molecule has 3 heterocycles. The van der Waals surface area contributed by atoms with Gasteiger partial charge in [-0.1, -0.05) is 6.07 Å². The molecule has 162 valence electrons. The number of anilines is 1. The van der Waals surface area contributed by atoms with Crippen LogP contribution in [-0.4, -0.2) is 53.8 Å². The summed E-state index contributed by atoms with van der Waals surface area (Å²) in [6.07, 6.45) is 4.90. The Hall–Kier alpha value is -2.75. The highest BCUT2D eigenvalue weighted by Gasteiger charge is 2.27. The summed E-state index contributed by atoms with van der Waals surface area (Å²) < 4.78 is 11.1. The average molecular weight is 416 g/mol. The molecule has 0 spiro atoms. The molecular weight excluding hydrogens is 388 g/mol. The van der Waals surface area contributed by atoms with E-state index in [1.54, 1.807) is 7.11 Å². The van der Waals surface area contributed by atoms with Crippen LogP contribution in [0.1, 0.15) is 36.8 Å². The third-order valence-corrected chi connectivity index (χ3v) is 5.69. The van der Waals surface area contributed by atoms with Crippen molar-refractivity contribution in [1.29, 1.82) is 0 Å². The predicted octanol–water partition coefficient (Wildman–Crippen LogP) is 2.02. The molecule has 9 heteroatoms. The number of methoxy groups -OCH3 is 1. The summed E-state index contributed by atoms with van der Waals surface area (Å²) in [5, 5.41) is 27.3. The summed E-state index contributed by atoms with van der Waals surface area (Å²) in [7, 11) is 1.56. The molecular formula is C21H28N4O5. The van der Waals surface area contributed by atoms with Crippen molar-refractivity contribution in [3.63, 3.8) is 0 Å². The monoisotopic (exact) mass is 416 g/mol. The number of hydrazine groups is 1. The molecule has 30 heavy (non-hydrogen) atoms. The van der Waals surface area contributed by atoms with Gasteiger partial charge in [-0.15, -0.1) is 0 Å². The maximum absolute atomic E-state index is 11.1. The lowest BCUT2D eigenvalue weighted by Gasteiger charge is -2.31. The number of ether oxygens (including phenoxy) is 2. The Morgan fingerprint density at radius 2 is 2.23 bits per heavy atom. The summed E-state index contributed by atoms with van der Waals surface area (Å²) in [5.41, 5.74) is 7.32. The van der Waals surface area contributed by atoms with Crippen molar-refractivity contribution in [2.45, 2.75) is 44.4 Å².